The fraction of sp³-hybridized carbons (Fsp3) is 0.500. The zero-order valence-corrected chi connectivity index (χ0v) is 12.4. The van der Waals surface area contributed by atoms with E-state index in [1.807, 2.05) is 36.0 Å². The van der Waals surface area contributed by atoms with Crippen LogP contribution in [0.5, 0.6) is 0 Å². The third-order valence-corrected chi connectivity index (χ3v) is 3.84. The van der Waals surface area contributed by atoms with E-state index >= 15 is 0 Å². The molecular weight excluding hydrogens is 258 g/mol. The maximum atomic E-state index is 8.59. The number of hydrogen-bond donors (Lipinski definition) is 3. The minimum atomic E-state index is 0.143. The van der Waals surface area contributed by atoms with Crippen molar-refractivity contribution in [3.8, 4) is 0 Å². The Morgan fingerprint density at radius 3 is 2.68 bits per heavy atom. The van der Waals surface area contributed by atoms with Crippen molar-refractivity contribution in [2.24, 2.45) is 10.9 Å². The molecule has 0 fully saturated rings. The summed E-state index contributed by atoms with van der Waals surface area (Å²) in [5.74, 6) is 2.53. The summed E-state index contributed by atoms with van der Waals surface area (Å²) in [5, 5.41) is 15.1. The Morgan fingerprint density at radius 2 is 2.11 bits per heavy atom. The summed E-state index contributed by atoms with van der Waals surface area (Å²) in [6.45, 7) is 5.24. The molecule has 0 aliphatic carbocycles. The quantitative estimate of drug-likeness (QED) is 0.225. The van der Waals surface area contributed by atoms with Crippen molar-refractivity contribution in [3.05, 3.63) is 35.4 Å². The maximum absolute atomic E-state index is 8.59. The Morgan fingerprint density at radius 1 is 1.42 bits per heavy atom. The van der Waals surface area contributed by atoms with Crippen molar-refractivity contribution < 1.29 is 5.21 Å². The first kappa shape index (κ1) is 15.9. The zero-order valence-electron chi connectivity index (χ0n) is 11.6. The third-order valence-electron chi connectivity index (χ3n) is 2.91. The lowest BCUT2D eigenvalue weighted by Gasteiger charge is -2.13. The number of nitrogens with two attached hydrogens (primary N) is 1. The fourth-order valence-electron chi connectivity index (χ4n) is 1.65. The minimum Gasteiger partial charge on any atom is -0.409 e. The van der Waals surface area contributed by atoms with E-state index in [1.54, 1.807) is 0 Å². The molecule has 0 amide bonds. The van der Waals surface area contributed by atoms with Gasteiger partial charge in [-0.3, -0.25) is 0 Å². The molecule has 19 heavy (non-hydrogen) atoms. The average Bonchev–Trinajstić information content (AvgIpc) is 2.45. The molecule has 4 nitrogen and oxygen atoms in total. The van der Waals surface area contributed by atoms with Crippen LogP contribution in [0.15, 0.2) is 29.4 Å². The highest BCUT2D eigenvalue weighted by Crippen LogP contribution is 2.07. The molecule has 0 aliphatic rings. The molecule has 1 atom stereocenters. The van der Waals surface area contributed by atoms with Gasteiger partial charge < -0.3 is 16.3 Å². The lowest BCUT2D eigenvalue weighted by Crippen LogP contribution is -2.26. The highest BCUT2D eigenvalue weighted by atomic mass is 32.2. The molecule has 4 N–H and O–H groups in total. The van der Waals surface area contributed by atoms with E-state index < -0.39 is 0 Å². The van der Waals surface area contributed by atoms with Gasteiger partial charge in [0.15, 0.2) is 5.84 Å². The van der Waals surface area contributed by atoms with Crippen LogP contribution in [-0.4, -0.2) is 28.6 Å². The van der Waals surface area contributed by atoms with Gasteiger partial charge >= 0.3 is 0 Å². The SMILES string of the molecule is CCSCCC(C)NCc1ccc(/C(N)=N/O)cc1. The van der Waals surface area contributed by atoms with Crippen LogP contribution in [-0.2, 0) is 6.54 Å². The molecule has 1 rings (SSSR count). The highest BCUT2D eigenvalue weighted by Gasteiger charge is 2.02. The van der Waals surface area contributed by atoms with Crippen LogP contribution in [0.25, 0.3) is 0 Å². The first-order valence-corrected chi connectivity index (χ1v) is 7.70. The van der Waals surface area contributed by atoms with Crippen LogP contribution < -0.4 is 11.1 Å². The second kappa shape index (κ2) is 8.82. The molecule has 1 unspecified atom stereocenters. The summed E-state index contributed by atoms with van der Waals surface area (Å²) in [7, 11) is 0. The number of nitrogens with zero attached hydrogens (tertiary/aromatic N) is 1. The first-order chi connectivity index (χ1) is 9.17. The van der Waals surface area contributed by atoms with Crippen molar-refractivity contribution in [2.45, 2.75) is 32.9 Å². The van der Waals surface area contributed by atoms with Crippen LogP contribution in [0.1, 0.15) is 31.4 Å². The Balaban J connectivity index is 2.37. The molecule has 0 bridgehead atoms. The van der Waals surface area contributed by atoms with Gasteiger partial charge in [-0.1, -0.05) is 36.3 Å². The van der Waals surface area contributed by atoms with Crippen LogP contribution in [0.4, 0.5) is 0 Å². The summed E-state index contributed by atoms with van der Waals surface area (Å²) in [5.41, 5.74) is 7.45. The molecular formula is C14H23N3OS. The molecule has 0 aliphatic heterocycles. The summed E-state index contributed by atoms with van der Waals surface area (Å²) in [6, 6.07) is 8.23. The predicted molar refractivity (Wildman–Crippen MR) is 82.9 cm³/mol. The van der Waals surface area contributed by atoms with Gasteiger partial charge in [-0.05, 0) is 30.4 Å². The molecule has 0 radical (unpaired) electrons. The fourth-order valence-corrected chi connectivity index (χ4v) is 2.46. The van der Waals surface area contributed by atoms with E-state index in [0.717, 1.165) is 12.1 Å². The number of nitrogens with one attached hydrogen (secondary N) is 1. The molecule has 1 aromatic rings. The molecule has 0 saturated heterocycles. The van der Waals surface area contributed by atoms with Gasteiger partial charge in [-0.15, -0.1) is 0 Å². The first-order valence-electron chi connectivity index (χ1n) is 6.55. The molecule has 0 spiro atoms. The minimum absolute atomic E-state index is 0.143. The number of hydrogen-bond acceptors (Lipinski definition) is 4. The van der Waals surface area contributed by atoms with Crippen molar-refractivity contribution >= 4 is 17.6 Å². The maximum Gasteiger partial charge on any atom is 0.170 e. The Hall–Kier alpha value is -1.20. The Bertz CT molecular complexity index is 392. The van der Waals surface area contributed by atoms with Gasteiger partial charge in [0, 0.05) is 18.2 Å². The van der Waals surface area contributed by atoms with E-state index in [9.17, 15) is 0 Å². The monoisotopic (exact) mass is 281 g/mol. The Kier molecular flexibility index (Phi) is 7.36. The van der Waals surface area contributed by atoms with E-state index in [-0.39, 0.29) is 5.84 Å². The smallest absolute Gasteiger partial charge is 0.170 e. The van der Waals surface area contributed by atoms with E-state index in [4.69, 9.17) is 10.9 Å². The van der Waals surface area contributed by atoms with Gasteiger partial charge in [0.05, 0.1) is 0 Å². The van der Waals surface area contributed by atoms with Crippen LogP contribution in [0.2, 0.25) is 0 Å². The Labute approximate surface area is 119 Å². The van der Waals surface area contributed by atoms with Gasteiger partial charge in [-0.2, -0.15) is 11.8 Å². The van der Waals surface area contributed by atoms with E-state index in [0.29, 0.717) is 6.04 Å². The van der Waals surface area contributed by atoms with Crippen LogP contribution in [0, 0.1) is 0 Å². The highest BCUT2D eigenvalue weighted by molar-refractivity contribution is 7.99. The summed E-state index contributed by atoms with van der Waals surface area (Å²) < 4.78 is 0. The van der Waals surface area contributed by atoms with Crippen molar-refractivity contribution in [2.75, 3.05) is 11.5 Å². The summed E-state index contributed by atoms with van der Waals surface area (Å²) >= 11 is 1.98. The van der Waals surface area contributed by atoms with Gasteiger partial charge in [-0.25, -0.2) is 0 Å². The normalized spacial score (nSPS) is 13.5. The molecule has 5 heteroatoms. The zero-order chi connectivity index (χ0) is 14.1. The summed E-state index contributed by atoms with van der Waals surface area (Å²) in [6.07, 6.45) is 1.18. The number of thioether (sulfide) groups is 1. The topological polar surface area (TPSA) is 70.6 Å². The molecule has 0 heterocycles. The summed E-state index contributed by atoms with van der Waals surface area (Å²) in [4.78, 5) is 0. The molecule has 0 aromatic heterocycles. The van der Waals surface area contributed by atoms with Crippen molar-refractivity contribution in [3.63, 3.8) is 0 Å². The largest absolute Gasteiger partial charge is 0.409 e. The number of benzene rings is 1. The van der Waals surface area contributed by atoms with Crippen molar-refractivity contribution in [1.29, 1.82) is 0 Å². The predicted octanol–water partition coefficient (Wildman–Crippen LogP) is 2.40. The third kappa shape index (κ3) is 5.98. The van der Waals surface area contributed by atoms with Gasteiger partial charge in [0.25, 0.3) is 0 Å². The lowest BCUT2D eigenvalue weighted by molar-refractivity contribution is 0.318. The second-order valence-corrected chi connectivity index (χ2v) is 5.84. The average molecular weight is 281 g/mol. The molecule has 1 aromatic carbocycles. The van der Waals surface area contributed by atoms with E-state index in [2.05, 4.69) is 24.3 Å². The standard InChI is InChI=1S/C14H23N3OS/c1-3-19-9-8-11(2)16-10-12-4-6-13(7-5-12)14(15)17-18/h4-7,11,16,18H,3,8-10H2,1-2H3,(H2,15,17). The molecule has 0 saturated carbocycles. The number of oxime groups is 1. The number of rotatable bonds is 8. The van der Waals surface area contributed by atoms with Crippen molar-refractivity contribution in [1.82, 2.24) is 5.32 Å². The van der Waals surface area contributed by atoms with E-state index in [1.165, 1.54) is 23.5 Å². The van der Waals surface area contributed by atoms with Gasteiger partial charge in [0.1, 0.15) is 0 Å². The van der Waals surface area contributed by atoms with Crippen LogP contribution in [0.3, 0.4) is 0 Å². The second-order valence-electron chi connectivity index (χ2n) is 4.45. The molecule has 106 valence electrons. The number of amidine groups is 1. The van der Waals surface area contributed by atoms with Crippen LogP contribution >= 0.6 is 11.8 Å². The lowest BCUT2D eigenvalue weighted by atomic mass is 10.1. The van der Waals surface area contributed by atoms with Gasteiger partial charge in [0.2, 0.25) is 0 Å².